The van der Waals surface area contributed by atoms with E-state index in [2.05, 4.69) is 10.5 Å². The third-order valence-electron chi connectivity index (χ3n) is 5.07. The number of carbonyl (C=O) groups excluding carboxylic acids is 1. The summed E-state index contributed by atoms with van der Waals surface area (Å²) in [6.07, 6.45) is 1.36. The van der Waals surface area contributed by atoms with Gasteiger partial charge in [-0.15, -0.1) is 0 Å². The molecule has 1 amide bonds. The molecule has 0 unspecified atom stereocenters. The van der Waals surface area contributed by atoms with E-state index in [1.165, 1.54) is 32.6 Å². The summed E-state index contributed by atoms with van der Waals surface area (Å²) in [7, 11) is -1.29. The molecule has 35 heavy (non-hydrogen) atoms. The predicted molar refractivity (Wildman–Crippen MR) is 132 cm³/mol. The first kappa shape index (κ1) is 25.7. The Hall–Kier alpha value is -3.89. The van der Waals surface area contributed by atoms with Gasteiger partial charge in [-0.05, 0) is 53.9 Å². The monoisotopic (exact) mass is 497 g/mol. The summed E-state index contributed by atoms with van der Waals surface area (Å²) in [6, 6.07) is 18.4. The third-order valence-corrected chi connectivity index (χ3v) is 6.88. The number of hydrazone groups is 1. The minimum atomic E-state index is -4.10. The van der Waals surface area contributed by atoms with Gasteiger partial charge in [-0.1, -0.05) is 36.4 Å². The zero-order valence-corrected chi connectivity index (χ0v) is 20.5. The van der Waals surface area contributed by atoms with E-state index in [-0.39, 0.29) is 28.7 Å². The Morgan fingerprint density at radius 1 is 1.03 bits per heavy atom. The van der Waals surface area contributed by atoms with E-state index in [4.69, 9.17) is 9.47 Å². The van der Waals surface area contributed by atoms with Gasteiger partial charge in [0.25, 0.3) is 5.91 Å². The third kappa shape index (κ3) is 6.58. The number of nitrogens with one attached hydrogen (secondary N) is 1. The summed E-state index contributed by atoms with van der Waals surface area (Å²) in [5.74, 6) is -0.207. The zero-order chi connectivity index (χ0) is 25.4. The molecule has 0 aromatic heterocycles. The number of phenolic OH excluding ortho intramolecular Hbond substituents is 1. The number of carbonyl (C=O) groups is 1. The Morgan fingerprint density at radius 2 is 1.74 bits per heavy atom. The molecule has 3 aromatic carbocycles. The fraction of sp³-hybridized carbons (Fsp3) is 0.200. The van der Waals surface area contributed by atoms with E-state index in [1.54, 1.807) is 55.5 Å². The lowest BCUT2D eigenvalue weighted by molar-refractivity contribution is -0.121. The first-order chi connectivity index (χ1) is 16.7. The fourth-order valence-corrected chi connectivity index (χ4v) is 4.91. The lowest BCUT2D eigenvalue weighted by Gasteiger charge is -2.23. The van der Waals surface area contributed by atoms with Gasteiger partial charge in [0, 0.05) is 6.54 Å². The van der Waals surface area contributed by atoms with Crippen LogP contribution in [-0.4, -0.2) is 50.7 Å². The zero-order valence-electron chi connectivity index (χ0n) is 19.6. The Balaban J connectivity index is 1.83. The number of hydrogen-bond acceptors (Lipinski definition) is 7. The smallest absolute Gasteiger partial charge is 0.255 e. The standard InChI is InChI=1S/C25H27N3O6S/c1-18-9-12-22(33-2)24(13-18)35(31,32)28(16-19-7-5-4-6-8-19)17-25(30)27-26-15-20-10-11-21(29)23(14-20)34-3/h4-15,29H,16-17H2,1-3H3,(H,27,30)/b26-15+. The first-order valence-electron chi connectivity index (χ1n) is 10.6. The van der Waals surface area contributed by atoms with Crippen LogP contribution in [0.1, 0.15) is 16.7 Å². The van der Waals surface area contributed by atoms with Gasteiger partial charge in [0.2, 0.25) is 10.0 Å². The van der Waals surface area contributed by atoms with Crippen LogP contribution in [0.2, 0.25) is 0 Å². The van der Waals surface area contributed by atoms with E-state index in [1.807, 2.05) is 6.07 Å². The van der Waals surface area contributed by atoms with Crippen LogP contribution in [0.25, 0.3) is 0 Å². The molecule has 0 saturated heterocycles. The second-order valence-corrected chi connectivity index (χ2v) is 9.54. The van der Waals surface area contributed by atoms with Gasteiger partial charge in [0.05, 0.1) is 27.0 Å². The van der Waals surface area contributed by atoms with Crippen molar-refractivity contribution in [2.45, 2.75) is 18.4 Å². The van der Waals surface area contributed by atoms with Crippen LogP contribution in [0.4, 0.5) is 0 Å². The highest BCUT2D eigenvalue weighted by Gasteiger charge is 2.30. The second-order valence-electron chi connectivity index (χ2n) is 7.64. The molecule has 0 aliphatic rings. The Labute approximate surface area is 204 Å². The van der Waals surface area contributed by atoms with Gasteiger partial charge < -0.3 is 14.6 Å². The molecule has 3 aromatic rings. The van der Waals surface area contributed by atoms with Crippen LogP contribution in [-0.2, 0) is 21.4 Å². The molecule has 0 saturated carbocycles. The number of sulfonamides is 1. The highest BCUT2D eigenvalue weighted by molar-refractivity contribution is 7.89. The Kier molecular flexibility index (Phi) is 8.45. The van der Waals surface area contributed by atoms with Crippen LogP contribution in [0, 0.1) is 6.92 Å². The van der Waals surface area contributed by atoms with Gasteiger partial charge in [-0.25, -0.2) is 13.8 Å². The SMILES string of the molecule is COc1cc(/C=N/NC(=O)CN(Cc2ccccc2)S(=O)(=O)c2cc(C)ccc2OC)ccc1O. The molecule has 0 radical (unpaired) electrons. The summed E-state index contributed by atoms with van der Waals surface area (Å²) in [5, 5.41) is 13.6. The molecule has 2 N–H and O–H groups in total. The van der Waals surface area contributed by atoms with Crippen molar-refractivity contribution >= 4 is 22.1 Å². The normalized spacial score (nSPS) is 11.5. The maximum Gasteiger partial charge on any atom is 0.255 e. The lowest BCUT2D eigenvalue weighted by Crippen LogP contribution is -2.39. The Morgan fingerprint density at radius 3 is 2.43 bits per heavy atom. The van der Waals surface area contributed by atoms with Gasteiger partial charge >= 0.3 is 0 Å². The summed E-state index contributed by atoms with van der Waals surface area (Å²) in [4.78, 5) is 12.7. The molecule has 9 nitrogen and oxygen atoms in total. The molecule has 184 valence electrons. The number of benzene rings is 3. The number of methoxy groups -OCH3 is 2. The molecule has 0 spiro atoms. The van der Waals surface area contributed by atoms with Crippen LogP contribution in [0.3, 0.4) is 0 Å². The van der Waals surface area contributed by atoms with Crippen molar-refractivity contribution < 1.29 is 27.8 Å². The maximum atomic E-state index is 13.6. The minimum Gasteiger partial charge on any atom is -0.504 e. The molecule has 3 rings (SSSR count). The van der Waals surface area contributed by atoms with Crippen molar-refractivity contribution in [2.24, 2.45) is 5.10 Å². The molecular formula is C25H27N3O6S. The van der Waals surface area contributed by atoms with Crippen molar-refractivity contribution in [1.29, 1.82) is 0 Å². The van der Waals surface area contributed by atoms with Crippen molar-refractivity contribution in [3.05, 3.63) is 83.4 Å². The summed E-state index contributed by atoms with van der Waals surface area (Å²) in [6.45, 7) is 1.29. The molecule has 0 atom stereocenters. The summed E-state index contributed by atoms with van der Waals surface area (Å²) in [5.41, 5.74) is 4.38. The van der Waals surface area contributed by atoms with Gasteiger partial charge in [0.15, 0.2) is 11.5 Å². The van der Waals surface area contributed by atoms with Crippen molar-refractivity contribution in [1.82, 2.24) is 9.73 Å². The van der Waals surface area contributed by atoms with Crippen molar-refractivity contribution in [3.8, 4) is 17.2 Å². The first-order valence-corrected chi connectivity index (χ1v) is 12.1. The lowest BCUT2D eigenvalue weighted by atomic mass is 10.2. The van der Waals surface area contributed by atoms with Crippen molar-refractivity contribution in [3.63, 3.8) is 0 Å². The number of aryl methyl sites for hydroxylation is 1. The molecular weight excluding hydrogens is 470 g/mol. The van der Waals surface area contributed by atoms with Crippen LogP contribution in [0.15, 0.2) is 76.7 Å². The molecule has 10 heteroatoms. The van der Waals surface area contributed by atoms with E-state index in [9.17, 15) is 18.3 Å². The number of nitrogens with zero attached hydrogens (tertiary/aromatic N) is 2. The molecule has 0 bridgehead atoms. The Bertz CT molecular complexity index is 1310. The average molecular weight is 498 g/mol. The number of amides is 1. The topological polar surface area (TPSA) is 118 Å². The number of rotatable bonds is 10. The number of phenols is 1. The predicted octanol–water partition coefficient (Wildman–Crippen LogP) is 3.06. The number of aromatic hydroxyl groups is 1. The summed E-state index contributed by atoms with van der Waals surface area (Å²) >= 11 is 0. The highest BCUT2D eigenvalue weighted by Crippen LogP contribution is 2.29. The van der Waals surface area contributed by atoms with E-state index in [0.717, 1.165) is 15.4 Å². The molecule has 0 fully saturated rings. The van der Waals surface area contributed by atoms with Gasteiger partial charge in [-0.3, -0.25) is 4.79 Å². The highest BCUT2D eigenvalue weighted by atomic mass is 32.2. The van der Waals surface area contributed by atoms with E-state index >= 15 is 0 Å². The van der Waals surface area contributed by atoms with Crippen LogP contribution >= 0.6 is 0 Å². The number of hydrogen-bond donors (Lipinski definition) is 2. The van der Waals surface area contributed by atoms with Gasteiger partial charge in [-0.2, -0.15) is 9.41 Å². The molecule has 0 heterocycles. The molecule has 0 aliphatic carbocycles. The minimum absolute atomic E-state index is 0.0213. The average Bonchev–Trinajstić information content (AvgIpc) is 2.85. The largest absolute Gasteiger partial charge is 0.504 e. The molecule has 0 aliphatic heterocycles. The number of ether oxygens (including phenoxy) is 2. The quantitative estimate of drug-likeness (QED) is 0.328. The van der Waals surface area contributed by atoms with Gasteiger partial charge in [0.1, 0.15) is 10.6 Å². The second kappa shape index (κ2) is 11.5. The summed E-state index contributed by atoms with van der Waals surface area (Å²) < 4.78 is 38.6. The van der Waals surface area contributed by atoms with E-state index in [0.29, 0.717) is 5.56 Å². The van der Waals surface area contributed by atoms with Crippen LogP contribution < -0.4 is 14.9 Å². The van der Waals surface area contributed by atoms with Crippen LogP contribution in [0.5, 0.6) is 17.2 Å². The van der Waals surface area contributed by atoms with E-state index < -0.39 is 22.5 Å². The fourth-order valence-electron chi connectivity index (χ4n) is 3.29. The maximum absolute atomic E-state index is 13.6. The van der Waals surface area contributed by atoms with Crippen molar-refractivity contribution in [2.75, 3.05) is 20.8 Å².